The summed E-state index contributed by atoms with van der Waals surface area (Å²) in [7, 11) is 0. The molecule has 0 bridgehead atoms. The molecule has 1 fully saturated rings. The van der Waals surface area contributed by atoms with Crippen LogP contribution in [0.25, 0.3) is 5.57 Å². The number of carbonyl (C=O) groups is 1. The Balaban J connectivity index is 1.63. The smallest absolute Gasteiger partial charge is 0.416 e. The average molecular weight is 639 g/mol. The number of fused-ring (bicyclic) bond motifs is 1. The number of likely N-dealkylation sites (tertiary alicyclic amines) is 1. The molecule has 43 heavy (non-hydrogen) atoms. The second-order valence-corrected chi connectivity index (χ2v) is 12.7. The molecule has 2 aliphatic heterocycles. The zero-order valence-corrected chi connectivity index (χ0v) is 24.9. The Morgan fingerprint density at radius 1 is 1.19 bits per heavy atom. The summed E-state index contributed by atoms with van der Waals surface area (Å²) in [6.45, 7) is 4.86. The van der Waals surface area contributed by atoms with Crippen molar-refractivity contribution in [1.29, 1.82) is 0 Å². The number of rotatable bonds is 4. The molecule has 1 saturated heterocycles. The average Bonchev–Trinajstić information content (AvgIpc) is 3.50. The second-order valence-electron chi connectivity index (χ2n) is 11.3. The van der Waals surface area contributed by atoms with Gasteiger partial charge >= 0.3 is 17.1 Å². The van der Waals surface area contributed by atoms with Gasteiger partial charge in [-0.2, -0.15) is 23.4 Å². The van der Waals surface area contributed by atoms with Gasteiger partial charge in [0.15, 0.2) is 0 Å². The van der Waals surface area contributed by atoms with Gasteiger partial charge < -0.3 is 14.7 Å². The Kier molecular flexibility index (Phi) is 8.16. The zero-order valence-electron chi connectivity index (χ0n) is 23.3. The first kappa shape index (κ1) is 30.7. The number of nitrogens with zero attached hydrogens (tertiary/aromatic N) is 4. The maximum atomic E-state index is 15.3. The quantitative estimate of drug-likeness (QED) is 0.397. The number of halogens is 5. The SMILES string of the molecule is CC(C)(C)OC(=O)N1CC[C@@H](F)[C@@H](n2c(O)c(C(Cc3ccc(Cl)cc3C(F)(F)F)=c3ccc4c(c3)C=NN=4)sc2=O)C1. The highest BCUT2D eigenvalue weighted by atomic mass is 35.5. The number of piperidine rings is 1. The van der Waals surface area contributed by atoms with Gasteiger partial charge in [0.05, 0.1) is 28.1 Å². The first-order chi connectivity index (χ1) is 20.1. The summed E-state index contributed by atoms with van der Waals surface area (Å²) in [5.74, 6) is -0.606. The standard InChI is InChI=1S/C29H27ClF4N4O4S/c1-28(2,3)42-26(40)37-9-8-21(31)23(14-37)38-25(39)24(43-27(38)41)19(15-5-7-22-17(10-15)13-35-36-22)11-16-4-6-18(30)12-20(16)29(32,33)34/h4-7,10,12-13,21,23,39H,8-9,11,14H2,1-3H3/t21-,23+/m1/s1. The van der Waals surface area contributed by atoms with Crippen molar-refractivity contribution in [3.63, 3.8) is 0 Å². The number of amides is 1. The van der Waals surface area contributed by atoms with Crippen molar-refractivity contribution in [2.24, 2.45) is 10.2 Å². The van der Waals surface area contributed by atoms with Crippen LogP contribution in [-0.4, -0.2) is 51.7 Å². The molecule has 2 aromatic carbocycles. The van der Waals surface area contributed by atoms with Gasteiger partial charge in [0.25, 0.3) is 0 Å². The molecule has 0 spiro atoms. The Morgan fingerprint density at radius 3 is 2.63 bits per heavy atom. The van der Waals surface area contributed by atoms with Crippen LogP contribution in [0.15, 0.2) is 51.4 Å². The fraction of sp³-hybridized carbons (Fsp3) is 0.379. The van der Waals surface area contributed by atoms with E-state index in [1.165, 1.54) is 23.2 Å². The molecular weight excluding hydrogens is 612 g/mol. The zero-order chi connectivity index (χ0) is 31.3. The number of benzene rings is 2. The summed E-state index contributed by atoms with van der Waals surface area (Å²) in [6.07, 6.45) is -5.98. The normalized spacial score (nSPS) is 19.2. The summed E-state index contributed by atoms with van der Waals surface area (Å²) < 4.78 is 63.6. The van der Waals surface area contributed by atoms with Gasteiger partial charge in [0, 0.05) is 30.1 Å². The Bertz CT molecular complexity index is 1800. The van der Waals surface area contributed by atoms with Crippen LogP contribution in [0, 0.1) is 0 Å². The predicted molar refractivity (Wildman–Crippen MR) is 154 cm³/mol. The lowest BCUT2D eigenvalue weighted by Crippen LogP contribution is -2.48. The highest BCUT2D eigenvalue weighted by molar-refractivity contribution is 7.10. The molecule has 1 amide bonds. The lowest BCUT2D eigenvalue weighted by atomic mass is 9.96. The van der Waals surface area contributed by atoms with Crippen LogP contribution in [-0.2, 0) is 17.3 Å². The third-order valence-electron chi connectivity index (χ3n) is 7.06. The van der Waals surface area contributed by atoms with Gasteiger partial charge in [0.2, 0.25) is 5.88 Å². The molecule has 1 aromatic heterocycles. The number of aromatic nitrogens is 1. The van der Waals surface area contributed by atoms with Gasteiger partial charge in [-0.25, -0.2) is 9.18 Å². The van der Waals surface area contributed by atoms with Crippen LogP contribution in [0.4, 0.5) is 22.4 Å². The second kappa shape index (κ2) is 11.4. The van der Waals surface area contributed by atoms with Crippen molar-refractivity contribution >= 4 is 40.8 Å². The van der Waals surface area contributed by atoms with Crippen molar-refractivity contribution in [2.75, 3.05) is 13.1 Å². The maximum absolute atomic E-state index is 15.3. The Hall–Kier alpha value is -3.71. The summed E-state index contributed by atoms with van der Waals surface area (Å²) in [5.41, 5.74) is -1.12. The van der Waals surface area contributed by atoms with E-state index in [1.807, 2.05) is 0 Å². The molecule has 0 radical (unpaired) electrons. The first-order valence-electron chi connectivity index (χ1n) is 13.3. The first-order valence-corrected chi connectivity index (χ1v) is 14.5. The molecule has 2 atom stereocenters. The van der Waals surface area contributed by atoms with Gasteiger partial charge in [-0.05, 0) is 67.8 Å². The van der Waals surface area contributed by atoms with Crippen LogP contribution < -0.4 is 15.4 Å². The van der Waals surface area contributed by atoms with Crippen LogP contribution in [0.1, 0.15) is 54.8 Å². The molecule has 0 unspecified atom stereocenters. The van der Waals surface area contributed by atoms with Crippen molar-refractivity contribution in [2.45, 2.75) is 57.6 Å². The van der Waals surface area contributed by atoms with Gasteiger partial charge in [-0.1, -0.05) is 35.1 Å². The lowest BCUT2D eigenvalue weighted by molar-refractivity contribution is -0.138. The highest BCUT2D eigenvalue weighted by Crippen LogP contribution is 2.38. The van der Waals surface area contributed by atoms with Crippen molar-refractivity contribution in [3.8, 4) is 5.88 Å². The highest BCUT2D eigenvalue weighted by Gasteiger charge is 2.38. The third-order valence-corrected chi connectivity index (χ3v) is 8.30. The molecule has 0 aliphatic carbocycles. The molecule has 14 heteroatoms. The third kappa shape index (κ3) is 6.47. The van der Waals surface area contributed by atoms with E-state index in [4.69, 9.17) is 16.3 Å². The van der Waals surface area contributed by atoms with Crippen molar-refractivity contribution < 1.29 is 32.2 Å². The van der Waals surface area contributed by atoms with E-state index in [0.717, 1.165) is 10.6 Å². The number of thiazole rings is 1. The van der Waals surface area contributed by atoms with E-state index in [9.17, 15) is 27.9 Å². The van der Waals surface area contributed by atoms with Crippen molar-refractivity contribution in [1.82, 2.24) is 9.47 Å². The van der Waals surface area contributed by atoms with E-state index in [0.29, 0.717) is 27.5 Å². The van der Waals surface area contributed by atoms with E-state index in [-0.39, 0.29) is 47.0 Å². The number of ether oxygens (including phenoxy) is 1. The number of hydrogen-bond donors (Lipinski definition) is 1. The Labute approximate surface area is 252 Å². The molecule has 2 aliphatic rings. The largest absolute Gasteiger partial charge is 0.493 e. The van der Waals surface area contributed by atoms with Gasteiger partial charge in [-0.15, -0.1) is 0 Å². The summed E-state index contributed by atoms with van der Waals surface area (Å²) in [6, 6.07) is 7.01. The fourth-order valence-corrected chi connectivity index (χ4v) is 6.24. The minimum atomic E-state index is -4.73. The molecule has 3 aromatic rings. The lowest BCUT2D eigenvalue weighted by Gasteiger charge is -2.36. The van der Waals surface area contributed by atoms with E-state index in [2.05, 4.69) is 10.2 Å². The summed E-state index contributed by atoms with van der Waals surface area (Å²) in [4.78, 5) is 26.6. The van der Waals surface area contributed by atoms with E-state index in [1.54, 1.807) is 39.0 Å². The molecule has 8 nitrogen and oxygen atoms in total. The number of aromatic hydroxyl groups is 1. The molecule has 5 rings (SSSR count). The van der Waals surface area contributed by atoms with Crippen LogP contribution in [0.3, 0.4) is 0 Å². The molecular formula is C29H27ClF4N4O4S. The minimum absolute atomic E-state index is 0.0264. The molecule has 228 valence electrons. The van der Waals surface area contributed by atoms with Gasteiger partial charge in [-0.3, -0.25) is 9.36 Å². The topological polar surface area (TPSA) is 96.5 Å². The molecule has 0 saturated carbocycles. The van der Waals surface area contributed by atoms with Crippen LogP contribution in [0.5, 0.6) is 5.88 Å². The monoisotopic (exact) mass is 638 g/mol. The number of carbonyl (C=O) groups excluding carboxylic acids is 1. The van der Waals surface area contributed by atoms with Crippen LogP contribution in [0.2, 0.25) is 5.02 Å². The van der Waals surface area contributed by atoms with Gasteiger partial charge in [0.1, 0.15) is 11.8 Å². The number of hydrogen-bond acceptors (Lipinski definition) is 7. The fourth-order valence-electron chi connectivity index (χ4n) is 5.07. The maximum Gasteiger partial charge on any atom is 0.416 e. The summed E-state index contributed by atoms with van der Waals surface area (Å²) >= 11 is 6.47. The molecule has 3 heterocycles. The van der Waals surface area contributed by atoms with Crippen molar-refractivity contribution in [3.05, 3.63) is 83.2 Å². The predicted octanol–water partition coefficient (Wildman–Crippen LogP) is 5.22. The summed E-state index contributed by atoms with van der Waals surface area (Å²) in [5, 5.41) is 20.1. The van der Waals surface area contributed by atoms with Crippen LogP contribution >= 0.6 is 22.9 Å². The van der Waals surface area contributed by atoms with E-state index < -0.39 is 46.4 Å². The Morgan fingerprint density at radius 2 is 1.93 bits per heavy atom. The molecule has 1 N–H and O–H groups in total. The number of alkyl halides is 4. The van der Waals surface area contributed by atoms with E-state index >= 15 is 4.39 Å². The minimum Gasteiger partial charge on any atom is -0.493 e.